The number of nitrogens with one attached hydrogen (secondary N) is 1. The van der Waals surface area contributed by atoms with Crippen molar-refractivity contribution < 1.29 is 21.6 Å². The van der Waals surface area contributed by atoms with E-state index in [0.29, 0.717) is 4.47 Å². The lowest BCUT2D eigenvalue weighted by Crippen LogP contribution is -2.29. The number of sulfone groups is 1. The molecule has 112 valence electrons. The minimum absolute atomic E-state index is 0.0606. The molecule has 0 atom stereocenters. The van der Waals surface area contributed by atoms with E-state index in [1.54, 1.807) is 0 Å². The molecule has 0 aromatic heterocycles. The zero-order valence-electron chi connectivity index (χ0n) is 10.5. The third-order valence-corrected chi connectivity index (χ3v) is 4.52. The monoisotopic (exact) mass is 384 g/mol. The largest absolute Gasteiger partial charge is 0.351 e. The molecule has 20 heavy (non-hydrogen) atoms. The zero-order chi connectivity index (χ0) is 15.6. The molecule has 0 fully saturated rings. The van der Waals surface area contributed by atoms with E-state index in [1.807, 2.05) is 0 Å². The Hall–Kier alpha value is -0.970. The summed E-state index contributed by atoms with van der Waals surface area (Å²) in [6.45, 7) is -0.0606. The van der Waals surface area contributed by atoms with Crippen LogP contribution in [0, 0.1) is 0 Å². The Morgan fingerprint density at radius 3 is 2.35 bits per heavy atom. The van der Waals surface area contributed by atoms with E-state index in [1.165, 1.54) is 12.1 Å². The molecular formula is C10H13BrN2O5S2. The van der Waals surface area contributed by atoms with Gasteiger partial charge in [0.05, 0.1) is 10.6 Å². The van der Waals surface area contributed by atoms with Gasteiger partial charge in [0.15, 0.2) is 0 Å². The van der Waals surface area contributed by atoms with Gasteiger partial charge in [0.1, 0.15) is 9.84 Å². The smallest absolute Gasteiger partial charge is 0.251 e. The summed E-state index contributed by atoms with van der Waals surface area (Å²) >= 11 is 3.08. The molecule has 0 radical (unpaired) electrons. The van der Waals surface area contributed by atoms with Crippen molar-refractivity contribution in [2.24, 2.45) is 5.14 Å². The number of benzene rings is 1. The highest BCUT2D eigenvalue weighted by Crippen LogP contribution is 2.18. The molecule has 0 aliphatic carbocycles. The number of hydrogen-bond donors (Lipinski definition) is 2. The Bertz CT molecular complexity index is 728. The lowest BCUT2D eigenvalue weighted by molar-refractivity contribution is 0.0956. The average molecular weight is 385 g/mol. The third-order valence-electron chi connectivity index (χ3n) is 2.22. The van der Waals surface area contributed by atoms with Gasteiger partial charge in [-0.1, -0.05) is 15.9 Å². The summed E-state index contributed by atoms with van der Waals surface area (Å²) in [5.74, 6) is -0.783. The van der Waals surface area contributed by atoms with Gasteiger partial charge in [-0.15, -0.1) is 0 Å². The van der Waals surface area contributed by atoms with Gasteiger partial charge < -0.3 is 5.32 Å². The zero-order valence-corrected chi connectivity index (χ0v) is 13.7. The number of carbonyl (C=O) groups excluding carboxylic acids is 1. The molecule has 1 aromatic carbocycles. The van der Waals surface area contributed by atoms with Crippen molar-refractivity contribution in [1.29, 1.82) is 0 Å². The predicted octanol–water partition coefficient (Wildman–Crippen LogP) is -0.129. The van der Waals surface area contributed by atoms with E-state index in [0.717, 1.165) is 12.3 Å². The van der Waals surface area contributed by atoms with Gasteiger partial charge >= 0.3 is 0 Å². The minimum atomic E-state index is -3.93. The van der Waals surface area contributed by atoms with Crippen molar-refractivity contribution >= 4 is 41.7 Å². The lowest BCUT2D eigenvalue weighted by Gasteiger charge is -2.07. The van der Waals surface area contributed by atoms with E-state index in [9.17, 15) is 21.6 Å². The van der Waals surface area contributed by atoms with Crippen molar-refractivity contribution in [1.82, 2.24) is 5.32 Å². The third kappa shape index (κ3) is 5.57. The van der Waals surface area contributed by atoms with Gasteiger partial charge in [0.2, 0.25) is 10.0 Å². The maximum absolute atomic E-state index is 11.8. The predicted molar refractivity (Wildman–Crippen MR) is 77.6 cm³/mol. The number of nitrogens with two attached hydrogens (primary N) is 1. The minimum Gasteiger partial charge on any atom is -0.351 e. The summed E-state index contributed by atoms with van der Waals surface area (Å²) in [6.07, 6.45) is 1.05. The Morgan fingerprint density at radius 2 is 1.85 bits per heavy atom. The number of amides is 1. The standard InChI is InChI=1S/C10H13BrN2O5S2/c1-19(15,16)3-2-13-10(14)7-4-8(11)6-9(5-7)20(12,17)18/h4-6H,2-3H2,1H3,(H,13,14)(H2,12,17,18). The van der Waals surface area contributed by atoms with E-state index in [-0.39, 0.29) is 22.8 Å². The van der Waals surface area contributed by atoms with Crippen LogP contribution in [0.5, 0.6) is 0 Å². The molecule has 0 saturated carbocycles. The SMILES string of the molecule is CS(=O)(=O)CCNC(=O)c1cc(Br)cc(S(N)(=O)=O)c1. The molecule has 0 bridgehead atoms. The topological polar surface area (TPSA) is 123 Å². The molecule has 0 spiro atoms. The van der Waals surface area contributed by atoms with Crippen LogP contribution < -0.4 is 10.5 Å². The summed E-state index contributed by atoms with van der Waals surface area (Å²) in [5, 5.41) is 7.38. The van der Waals surface area contributed by atoms with Crippen molar-refractivity contribution in [3.63, 3.8) is 0 Å². The first kappa shape index (κ1) is 17.1. The second-order valence-electron chi connectivity index (χ2n) is 4.11. The van der Waals surface area contributed by atoms with Crippen LogP contribution in [-0.2, 0) is 19.9 Å². The Labute approximate surface area is 125 Å². The van der Waals surface area contributed by atoms with Gasteiger partial charge in [-0.25, -0.2) is 22.0 Å². The first-order valence-corrected chi connectivity index (χ1v) is 9.68. The van der Waals surface area contributed by atoms with E-state index in [2.05, 4.69) is 21.2 Å². The number of sulfonamides is 1. The molecular weight excluding hydrogens is 372 g/mol. The molecule has 0 aliphatic rings. The van der Waals surface area contributed by atoms with E-state index >= 15 is 0 Å². The molecule has 7 nitrogen and oxygen atoms in total. The highest BCUT2D eigenvalue weighted by atomic mass is 79.9. The summed E-state index contributed by atoms with van der Waals surface area (Å²) < 4.78 is 44.7. The molecule has 1 rings (SSSR count). The molecule has 0 saturated heterocycles. The van der Waals surface area contributed by atoms with Gasteiger partial charge in [0, 0.05) is 22.8 Å². The van der Waals surface area contributed by atoms with Crippen LogP contribution in [0.2, 0.25) is 0 Å². The molecule has 0 aliphatic heterocycles. The van der Waals surface area contributed by atoms with Crippen molar-refractivity contribution in [3.8, 4) is 0 Å². The second kappa shape index (κ2) is 6.20. The molecule has 1 aromatic rings. The van der Waals surface area contributed by atoms with Crippen molar-refractivity contribution in [2.45, 2.75) is 4.90 Å². The van der Waals surface area contributed by atoms with Crippen LogP contribution in [-0.4, -0.2) is 41.3 Å². The maximum atomic E-state index is 11.8. The first-order chi connectivity index (χ1) is 8.99. The van der Waals surface area contributed by atoms with Crippen LogP contribution in [0.25, 0.3) is 0 Å². The van der Waals surface area contributed by atoms with Gasteiger partial charge in [-0.05, 0) is 18.2 Å². The molecule has 0 heterocycles. The van der Waals surface area contributed by atoms with E-state index in [4.69, 9.17) is 5.14 Å². The fourth-order valence-electron chi connectivity index (χ4n) is 1.31. The lowest BCUT2D eigenvalue weighted by atomic mass is 10.2. The fraction of sp³-hybridized carbons (Fsp3) is 0.300. The summed E-state index contributed by atoms with van der Waals surface area (Å²) in [4.78, 5) is 11.6. The Kier molecular flexibility index (Phi) is 5.30. The molecule has 1 amide bonds. The number of carbonyl (C=O) groups is 1. The number of hydrogen-bond acceptors (Lipinski definition) is 5. The summed E-state index contributed by atoms with van der Waals surface area (Å²) in [5.41, 5.74) is 0.0666. The van der Waals surface area contributed by atoms with Crippen LogP contribution >= 0.6 is 15.9 Å². The average Bonchev–Trinajstić information content (AvgIpc) is 2.25. The molecule has 3 N–H and O–H groups in total. The summed E-state index contributed by atoms with van der Waals surface area (Å²) in [6, 6.07) is 3.79. The van der Waals surface area contributed by atoms with Gasteiger partial charge in [-0.2, -0.15) is 0 Å². The Morgan fingerprint density at radius 1 is 1.25 bits per heavy atom. The van der Waals surface area contributed by atoms with E-state index < -0.39 is 25.8 Å². The molecule has 0 unspecified atom stereocenters. The Balaban J connectivity index is 2.92. The van der Waals surface area contributed by atoms with Gasteiger partial charge in [-0.3, -0.25) is 4.79 Å². The van der Waals surface area contributed by atoms with Crippen LogP contribution in [0.1, 0.15) is 10.4 Å². The first-order valence-electron chi connectivity index (χ1n) is 5.28. The number of rotatable bonds is 5. The van der Waals surface area contributed by atoms with Crippen LogP contribution in [0.15, 0.2) is 27.6 Å². The quantitative estimate of drug-likeness (QED) is 0.731. The summed E-state index contributed by atoms with van der Waals surface area (Å²) in [7, 11) is -7.11. The van der Waals surface area contributed by atoms with Gasteiger partial charge in [0.25, 0.3) is 5.91 Å². The normalized spacial score (nSPS) is 12.2. The fourth-order valence-corrected chi connectivity index (χ4v) is 3.01. The van der Waals surface area contributed by atoms with Crippen LogP contribution in [0.3, 0.4) is 0 Å². The van der Waals surface area contributed by atoms with Crippen molar-refractivity contribution in [2.75, 3.05) is 18.6 Å². The second-order valence-corrected chi connectivity index (χ2v) is 8.84. The highest BCUT2D eigenvalue weighted by Gasteiger charge is 2.14. The number of halogens is 1. The number of primary sulfonamides is 1. The molecule has 10 heteroatoms. The highest BCUT2D eigenvalue weighted by molar-refractivity contribution is 9.10. The van der Waals surface area contributed by atoms with Crippen LogP contribution in [0.4, 0.5) is 0 Å². The van der Waals surface area contributed by atoms with Crippen molar-refractivity contribution in [3.05, 3.63) is 28.2 Å². The maximum Gasteiger partial charge on any atom is 0.251 e.